The summed E-state index contributed by atoms with van der Waals surface area (Å²) >= 11 is 0. The summed E-state index contributed by atoms with van der Waals surface area (Å²) in [5, 5.41) is 0. The van der Waals surface area contributed by atoms with Crippen LogP contribution in [-0.4, -0.2) is 18.9 Å². The second kappa shape index (κ2) is 2.77. The lowest BCUT2D eigenvalue weighted by molar-refractivity contribution is 0.482. The van der Waals surface area contributed by atoms with Crippen LogP contribution >= 0.6 is 0 Å². The fraction of sp³-hybridized carbons (Fsp3) is 1.00. The molecule has 1 fully saturated rings. The van der Waals surface area contributed by atoms with Gasteiger partial charge in [-0.2, -0.15) is 0 Å². The average molecular weight is 176 g/mol. The van der Waals surface area contributed by atoms with Crippen LogP contribution in [-0.2, 0) is 9.84 Å². The molecule has 0 amide bonds. The quantitative estimate of drug-likeness (QED) is 0.642. The molecule has 0 aromatic heterocycles. The molecule has 66 valence electrons. The average Bonchev–Trinajstić information content (AvgIpc) is 2.26. The van der Waals surface area contributed by atoms with Crippen LogP contribution in [0.5, 0.6) is 0 Å². The highest BCUT2D eigenvalue weighted by Crippen LogP contribution is 2.37. The van der Waals surface area contributed by atoms with Gasteiger partial charge in [-0.3, -0.25) is 0 Å². The molecule has 11 heavy (non-hydrogen) atoms. The Balaban J connectivity index is 3.00. The fourth-order valence-electron chi connectivity index (χ4n) is 2.00. The predicted octanol–water partition coefficient (Wildman–Crippen LogP) is 1.75. The van der Waals surface area contributed by atoms with Crippen LogP contribution < -0.4 is 0 Å². The van der Waals surface area contributed by atoms with Crippen LogP contribution in [0, 0.1) is 0 Å². The number of sulfone groups is 1. The van der Waals surface area contributed by atoms with E-state index in [2.05, 4.69) is 0 Å². The van der Waals surface area contributed by atoms with Crippen LogP contribution in [0.4, 0.5) is 0 Å². The zero-order valence-electron chi connectivity index (χ0n) is 7.26. The Hall–Kier alpha value is -0.0500. The Bertz CT molecular complexity index is 224. The van der Waals surface area contributed by atoms with E-state index in [-0.39, 0.29) is 4.75 Å². The van der Waals surface area contributed by atoms with Gasteiger partial charge >= 0.3 is 0 Å². The molecule has 1 aliphatic heterocycles. The monoisotopic (exact) mass is 176 g/mol. The first kappa shape index (κ1) is 9.04. The molecule has 0 bridgehead atoms. The Morgan fingerprint density at radius 1 is 1.27 bits per heavy atom. The molecule has 0 atom stereocenters. The lowest BCUT2D eigenvalue weighted by Crippen LogP contribution is -2.32. The second-order valence-corrected chi connectivity index (χ2v) is 5.82. The van der Waals surface area contributed by atoms with E-state index in [0.29, 0.717) is 5.75 Å². The van der Waals surface area contributed by atoms with Crippen molar-refractivity contribution in [3.63, 3.8) is 0 Å². The third kappa shape index (κ3) is 1.19. The zero-order valence-corrected chi connectivity index (χ0v) is 8.08. The smallest absolute Gasteiger partial charge is 0.155 e. The van der Waals surface area contributed by atoms with Crippen molar-refractivity contribution in [1.82, 2.24) is 0 Å². The van der Waals surface area contributed by atoms with Crippen molar-refractivity contribution >= 4 is 9.84 Å². The summed E-state index contributed by atoms with van der Waals surface area (Å²) < 4.78 is 22.7. The summed E-state index contributed by atoms with van der Waals surface area (Å²) in [5.41, 5.74) is 0. The second-order valence-electron chi connectivity index (χ2n) is 3.31. The molecule has 0 aromatic rings. The molecule has 3 heteroatoms. The molecule has 0 unspecified atom stereocenters. The highest BCUT2D eigenvalue weighted by Gasteiger charge is 2.44. The fourth-order valence-corrected chi connectivity index (χ4v) is 4.29. The van der Waals surface area contributed by atoms with Crippen molar-refractivity contribution in [3.05, 3.63) is 0 Å². The van der Waals surface area contributed by atoms with E-state index in [1.165, 1.54) is 0 Å². The van der Waals surface area contributed by atoms with Crippen molar-refractivity contribution in [3.8, 4) is 0 Å². The highest BCUT2D eigenvalue weighted by molar-refractivity contribution is 7.93. The molecule has 0 saturated carbocycles. The van der Waals surface area contributed by atoms with Gasteiger partial charge in [-0.05, 0) is 25.7 Å². The molecule has 1 aliphatic rings. The molecular weight excluding hydrogens is 160 g/mol. The van der Waals surface area contributed by atoms with Gasteiger partial charge in [0.2, 0.25) is 0 Å². The van der Waals surface area contributed by atoms with E-state index in [4.69, 9.17) is 0 Å². The van der Waals surface area contributed by atoms with E-state index in [1.54, 1.807) is 0 Å². The summed E-state index contributed by atoms with van der Waals surface area (Å²) in [4.78, 5) is 0. The SMILES string of the molecule is CCC1(CC)CCCS1(=O)=O. The maximum absolute atomic E-state index is 11.5. The number of hydrogen-bond donors (Lipinski definition) is 0. The van der Waals surface area contributed by atoms with Gasteiger partial charge in [0.1, 0.15) is 0 Å². The minimum atomic E-state index is -2.75. The molecule has 0 spiro atoms. The topological polar surface area (TPSA) is 34.1 Å². The van der Waals surface area contributed by atoms with Crippen LogP contribution in [0.25, 0.3) is 0 Å². The normalized spacial score (nSPS) is 27.1. The van der Waals surface area contributed by atoms with Crippen molar-refractivity contribution in [1.29, 1.82) is 0 Å². The molecule has 0 aliphatic carbocycles. The molecule has 1 saturated heterocycles. The minimum Gasteiger partial charge on any atom is -0.228 e. The van der Waals surface area contributed by atoms with E-state index < -0.39 is 9.84 Å². The van der Waals surface area contributed by atoms with Crippen LogP contribution in [0.15, 0.2) is 0 Å². The summed E-state index contributed by atoms with van der Waals surface area (Å²) in [6.07, 6.45) is 3.31. The maximum Gasteiger partial charge on any atom is 0.155 e. The highest BCUT2D eigenvalue weighted by atomic mass is 32.2. The van der Waals surface area contributed by atoms with Crippen LogP contribution in [0.3, 0.4) is 0 Å². The van der Waals surface area contributed by atoms with E-state index in [0.717, 1.165) is 25.7 Å². The Kier molecular flexibility index (Phi) is 2.28. The number of rotatable bonds is 2. The zero-order chi connectivity index (χ0) is 8.54. The van der Waals surface area contributed by atoms with Gasteiger partial charge in [-0.15, -0.1) is 0 Å². The molecule has 2 nitrogen and oxygen atoms in total. The van der Waals surface area contributed by atoms with Gasteiger partial charge in [-0.1, -0.05) is 13.8 Å². The van der Waals surface area contributed by atoms with E-state index in [1.807, 2.05) is 13.8 Å². The van der Waals surface area contributed by atoms with Crippen molar-refractivity contribution in [2.24, 2.45) is 0 Å². The van der Waals surface area contributed by atoms with Gasteiger partial charge in [0, 0.05) is 0 Å². The number of hydrogen-bond acceptors (Lipinski definition) is 2. The van der Waals surface area contributed by atoms with Crippen LogP contribution in [0.1, 0.15) is 39.5 Å². The molecule has 1 heterocycles. The lowest BCUT2D eigenvalue weighted by atomic mass is 9.97. The molecule has 0 aromatic carbocycles. The minimum absolute atomic E-state index is 0.354. The van der Waals surface area contributed by atoms with Gasteiger partial charge < -0.3 is 0 Å². The molecule has 0 N–H and O–H groups in total. The van der Waals surface area contributed by atoms with E-state index >= 15 is 0 Å². The third-order valence-electron chi connectivity index (χ3n) is 2.99. The summed E-state index contributed by atoms with van der Waals surface area (Å²) in [6, 6.07) is 0. The van der Waals surface area contributed by atoms with Gasteiger partial charge in [0.25, 0.3) is 0 Å². The Morgan fingerprint density at radius 3 is 2.00 bits per heavy atom. The van der Waals surface area contributed by atoms with Gasteiger partial charge in [0.15, 0.2) is 9.84 Å². The summed E-state index contributed by atoms with van der Waals surface area (Å²) in [6.45, 7) is 3.96. The lowest BCUT2D eigenvalue weighted by Gasteiger charge is -2.24. The predicted molar refractivity (Wildman–Crippen MR) is 46.3 cm³/mol. The molecule has 1 rings (SSSR count). The summed E-state index contributed by atoms with van der Waals surface area (Å²) in [5.74, 6) is 0.411. The molecule has 0 radical (unpaired) electrons. The first-order valence-electron chi connectivity index (χ1n) is 4.30. The first-order chi connectivity index (χ1) is 5.08. The Morgan fingerprint density at radius 2 is 1.82 bits per heavy atom. The van der Waals surface area contributed by atoms with Gasteiger partial charge in [0.05, 0.1) is 10.5 Å². The maximum atomic E-state index is 11.5. The van der Waals surface area contributed by atoms with Crippen molar-refractivity contribution < 1.29 is 8.42 Å². The molecular formula is C8H16O2S. The van der Waals surface area contributed by atoms with Crippen LogP contribution in [0.2, 0.25) is 0 Å². The third-order valence-corrected chi connectivity index (χ3v) is 5.92. The Labute approximate surface area is 68.9 Å². The van der Waals surface area contributed by atoms with Crippen molar-refractivity contribution in [2.45, 2.75) is 44.3 Å². The van der Waals surface area contributed by atoms with Crippen molar-refractivity contribution in [2.75, 3.05) is 5.75 Å². The summed E-state index contributed by atoms with van der Waals surface area (Å²) in [7, 11) is -2.75. The largest absolute Gasteiger partial charge is 0.228 e. The first-order valence-corrected chi connectivity index (χ1v) is 5.95. The van der Waals surface area contributed by atoms with Gasteiger partial charge in [-0.25, -0.2) is 8.42 Å². The standard InChI is InChI=1S/C8H16O2S/c1-3-8(4-2)6-5-7-11(8,9)10/h3-7H2,1-2H3. The van der Waals surface area contributed by atoms with E-state index in [9.17, 15) is 8.42 Å².